The summed E-state index contributed by atoms with van der Waals surface area (Å²) in [7, 11) is 1.11. The molecule has 0 aromatic heterocycles. The molecule has 1 rings (SSSR count). The number of alkyl halides is 1. The van der Waals surface area contributed by atoms with Gasteiger partial charge in [-0.1, -0.05) is 30.3 Å². The van der Waals surface area contributed by atoms with Crippen LogP contribution < -0.4 is 0 Å². The highest BCUT2D eigenvalue weighted by atomic mass is 19.1. The van der Waals surface area contributed by atoms with Crippen LogP contribution in [0.4, 0.5) is 4.39 Å². The molecule has 2 atom stereocenters. The smallest absolute Gasteiger partial charge is 0.341 e. The molecule has 0 bridgehead atoms. The zero-order valence-electron chi connectivity index (χ0n) is 8.61. The monoisotopic (exact) mass is 212 g/mol. The van der Waals surface area contributed by atoms with Crippen LogP contribution in [0.5, 0.6) is 0 Å². The van der Waals surface area contributed by atoms with E-state index < -0.39 is 17.7 Å². The minimum atomic E-state index is -2.16. The Morgan fingerprint density at radius 3 is 2.47 bits per heavy atom. The summed E-state index contributed by atoms with van der Waals surface area (Å²) < 4.78 is 18.1. The Kier molecular flexibility index (Phi) is 3.42. The Balaban J connectivity index is 2.94. The summed E-state index contributed by atoms with van der Waals surface area (Å²) >= 11 is 0. The molecule has 0 radical (unpaired) electrons. The van der Waals surface area contributed by atoms with Gasteiger partial charge in [0, 0.05) is 0 Å². The molecule has 1 aromatic carbocycles. The fourth-order valence-electron chi connectivity index (χ4n) is 1.26. The third-order valence-corrected chi connectivity index (χ3v) is 2.18. The molecule has 0 heterocycles. The minimum Gasteiger partial charge on any atom is -0.467 e. The van der Waals surface area contributed by atoms with Crippen molar-refractivity contribution in [1.82, 2.24) is 0 Å². The molecule has 0 aliphatic heterocycles. The molecular formula is C11H13FO3. The summed E-state index contributed by atoms with van der Waals surface area (Å²) in [6, 6.07) is 8.00. The summed E-state index contributed by atoms with van der Waals surface area (Å²) in [6.07, 6.45) is -1.80. The number of benzene rings is 1. The van der Waals surface area contributed by atoms with Crippen LogP contribution in [0.3, 0.4) is 0 Å². The van der Waals surface area contributed by atoms with Gasteiger partial charge < -0.3 is 9.84 Å². The first-order chi connectivity index (χ1) is 7.00. The molecule has 15 heavy (non-hydrogen) atoms. The van der Waals surface area contributed by atoms with Gasteiger partial charge in [0.1, 0.15) is 0 Å². The first-order valence-electron chi connectivity index (χ1n) is 4.50. The van der Waals surface area contributed by atoms with Crippen molar-refractivity contribution in [2.75, 3.05) is 7.11 Å². The van der Waals surface area contributed by atoms with Crippen LogP contribution in [0.25, 0.3) is 0 Å². The van der Waals surface area contributed by atoms with Crippen molar-refractivity contribution in [3.8, 4) is 0 Å². The van der Waals surface area contributed by atoms with Crippen LogP contribution in [-0.2, 0) is 9.53 Å². The van der Waals surface area contributed by atoms with E-state index in [0.29, 0.717) is 0 Å². The van der Waals surface area contributed by atoms with E-state index in [1.165, 1.54) is 12.1 Å². The van der Waals surface area contributed by atoms with Gasteiger partial charge in [-0.3, -0.25) is 0 Å². The summed E-state index contributed by atoms with van der Waals surface area (Å²) in [4.78, 5) is 11.1. The Morgan fingerprint density at radius 1 is 1.47 bits per heavy atom. The van der Waals surface area contributed by atoms with Crippen LogP contribution in [0.15, 0.2) is 30.3 Å². The summed E-state index contributed by atoms with van der Waals surface area (Å²) in [5, 5.41) is 9.66. The predicted octanol–water partition coefficient (Wildman–Crippen LogP) is 1.62. The summed E-state index contributed by atoms with van der Waals surface area (Å²) in [5.74, 6) is -0.987. The molecule has 0 spiro atoms. The zero-order valence-corrected chi connectivity index (χ0v) is 8.61. The standard InChI is InChI=1S/C11H13FO3/c1-11(14,10(13)15-2)9(12)8-6-4-3-5-7-8/h3-7,9,14H,1-2H3/t9-,11+/m1/s1. The highest BCUT2D eigenvalue weighted by molar-refractivity contribution is 5.79. The number of hydrogen-bond acceptors (Lipinski definition) is 3. The second-order valence-electron chi connectivity index (χ2n) is 3.41. The lowest BCUT2D eigenvalue weighted by atomic mass is 9.94. The van der Waals surface area contributed by atoms with Crippen LogP contribution >= 0.6 is 0 Å². The van der Waals surface area contributed by atoms with E-state index in [0.717, 1.165) is 14.0 Å². The van der Waals surface area contributed by atoms with Crippen molar-refractivity contribution in [3.05, 3.63) is 35.9 Å². The summed E-state index contributed by atoms with van der Waals surface area (Å²) in [6.45, 7) is 1.09. The van der Waals surface area contributed by atoms with Crippen LogP contribution in [0, 0.1) is 0 Å². The van der Waals surface area contributed by atoms with E-state index in [9.17, 15) is 14.3 Å². The molecule has 1 N–H and O–H groups in total. The number of carbonyl (C=O) groups is 1. The number of methoxy groups -OCH3 is 1. The Hall–Kier alpha value is -1.42. The quantitative estimate of drug-likeness (QED) is 0.774. The molecule has 0 unspecified atom stereocenters. The lowest BCUT2D eigenvalue weighted by Crippen LogP contribution is -2.40. The average molecular weight is 212 g/mol. The van der Waals surface area contributed by atoms with E-state index in [-0.39, 0.29) is 5.56 Å². The maximum Gasteiger partial charge on any atom is 0.341 e. The third-order valence-electron chi connectivity index (χ3n) is 2.18. The molecular weight excluding hydrogens is 199 g/mol. The van der Waals surface area contributed by atoms with Gasteiger partial charge in [-0.25, -0.2) is 9.18 Å². The van der Waals surface area contributed by atoms with Gasteiger partial charge in [-0.15, -0.1) is 0 Å². The SMILES string of the molecule is COC(=O)[C@@](C)(O)[C@H](F)c1ccccc1. The van der Waals surface area contributed by atoms with E-state index in [4.69, 9.17) is 0 Å². The minimum absolute atomic E-state index is 0.243. The number of esters is 1. The number of hydrogen-bond donors (Lipinski definition) is 1. The number of aliphatic hydroxyl groups is 1. The molecule has 0 aliphatic carbocycles. The second kappa shape index (κ2) is 4.40. The highest BCUT2D eigenvalue weighted by Crippen LogP contribution is 2.30. The van der Waals surface area contributed by atoms with Crippen molar-refractivity contribution in [2.45, 2.75) is 18.7 Å². The number of halogens is 1. The Labute approximate surface area is 87.5 Å². The van der Waals surface area contributed by atoms with Gasteiger partial charge in [-0.05, 0) is 12.5 Å². The number of rotatable bonds is 3. The largest absolute Gasteiger partial charge is 0.467 e. The van der Waals surface area contributed by atoms with Crippen molar-refractivity contribution in [2.24, 2.45) is 0 Å². The number of carbonyl (C=O) groups excluding carboxylic acids is 1. The van der Waals surface area contributed by atoms with E-state index in [1.54, 1.807) is 18.2 Å². The predicted molar refractivity (Wildman–Crippen MR) is 52.9 cm³/mol. The first-order valence-corrected chi connectivity index (χ1v) is 4.50. The third kappa shape index (κ3) is 2.33. The van der Waals surface area contributed by atoms with Crippen LogP contribution in [0.2, 0.25) is 0 Å². The van der Waals surface area contributed by atoms with E-state index in [2.05, 4.69) is 4.74 Å². The van der Waals surface area contributed by atoms with Gasteiger partial charge in [0.15, 0.2) is 11.8 Å². The first kappa shape index (κ1) is 11.7. The van der Waals surface area contributed by atoms with Crippen LogP contribution in [0.1, 0.15) is 18.7 Å². The van der Waals surface area contributed by atoms with Gasteiger partial charge in [-0.2, -0.15) is 0 Å². The molecule has 0 saturated carbocycles. The van der Waals surface area contributed by atoms with Crippen molar-refractivity contribution >= 4 is 5.97 Å². The maximum atomic E-state index is 13.8. The topological polar surface area (TPSA) is 46.5 Å². The van der Waals surface area contributed by atoms with Gasteiger partial charge in [0.25, 0.3) is 0 Å². The molecule has 82 valence electrons. The molecule has 4 heteroatoms. The molecule has 0 fully saturated rings. The normalized spacial score (nSPS) is 16.5. The van der Waals surface area contributed by atoms with E-state index >= 15 is 0 Å². The van der Waals surface area contributed by atoms with Crippen molar-refractivity contribution in [3.63, 3.8) is 0 Å². The Bertz CT molecular complexity index is 335. The van der Waals surface area contributed by atoms with Crippen molar-refractivity contribution < 1.29 is 19.0 Å². The van der Waals surface area contributed by atoms with Crippen LogP contribution in [-0.4, -0.2) is 23.8 Å². The molecule has 0 saturated heterocycles. The van der Waals surface area contributed by atoms with Crippen molar-refractivity contribution in [1.29, 1.82) is 0 Å². The van der Waals surface area contributed by atoms with E-state index in [1.807, 2.05) is 0 Å². The average Bonchev–Trinajstić information content (AvgIpc) is 2.28. The summed E-state index contributed by atoms with van der Waals surface area (Å²) in [5.41, 5.74) is -1.91. The number of ether oxygens (including phenoxy) is 1. The lowest BCUT2D eigenvalue weighted by molar-refractivity contribution is -0.167. The van der Waals surface area contributed by atoms with Gasteiger partial charge in [0.2, 0.25) is 0 Å². The fourth-order valence-corrected chi connectivity index (χ4v) is 1.26. The van der Waals surface area contributed by atoms with Gasteiger partial charge in [0.05, 0.1) is 7.11 Å². The lowest BCUT2D eigenvalue weighted by Gasteiger charge is -2.24. The zero-order chi connectivity index (χ0) is 11.5. The maximum absolute atomic E-state index is 13.8. The second-order valence-corrected chi connectivity index (χ2v) is 3.41. The molecule has 1 aromatic rings. The van der Waals surface area contributed by atoms with Gasteiger partial charge >= 0.3 is 5.97 Å². The Morgan fingerprint density at radius 2 is 2.00 bits per heavy atom. The molecule has 3 nitrogen and oxygen atoms in total. The highest BCUT2D eigenvalue weighted by Gasteiger charge is 2.41. The molecule has 0 aliphatic rings. The molecule has 0 amide bonds. The fraction of sp³-hybridized carbons (Fsp3) is 0.364.